The molecule has 6 heteroatoms. The number of imide groups is 1. The standard InChI is InChI=1S/C18H18F3NO2/c1-9-7-10-5-6-13(9)15-14(10)16(23)22(17(15)24)12-4-2-3-11(8-12)18(19,20)21/h2-4,8-10,13-15H,5-7H2,1H3. The minimum atomic E-state index is -4.50. The number of carbonyl (C=O) groups excluding carboxylic acids is 2. The van der Waals surface area contributed by atoms with E-state index in [-0.39, 0.29) is 41.2 Å². The maximum Gasteiger partial charge on any atom is 0.416 e. The van der Waals surface area contributed by atoms with Gasteiger partial charge in [0.2, 0.25) is 11.8 Å². The van der Waals surface area contributed by atoms with Crippen LogP contribution in [0.1, 0.15) is 31.7 Å². The molecule has 1 aliphatic heterocycles. The van der Waals surface area contributed by atoms with Crippen LogP contribution in [0.3, 0.4) is 0 Å². The van der Waals surface area contributed by atoms with E-state index in [9.17, 15) is 22.8 Å². The van der Waals surface area contributed by atoms with E-state index in [1.807, 2.05) is 0 Å². The second kappa shape index (κ2) is 5.07. The predicted molar refractivity (Wildman–Crippen MR) is 80.9 cm³/mol. The minimum Gasteiger partial charge on any atom is -0.274 e. The van der Waals surface area contributed by atoms with E-state index < -0.39 is 11.7 Å². The fourth-order valence-corrected chi connectivity index (χ4v) is 5.05. The topological polar surface area (TPSA) is 37.4 Å². The number of fused-ring (bicyclic) bond motifs is 2. The van der Waals surface area contributed by atoms with Crippen LogP contribution in [0.5, 0.6) is 0 Å². The molecule has 0 radical (unpaired) electrons. The summed E-state index contributed by atoms with van der Waals surface area (Å²) in [7, 11) is 0. The third-order valence-corrected chi connectivity index (χ3v) is 6.08. The molecule has 1 saturated heterocycles. The third kappa shape index (κ3) is 2.11. The average molecular weight is 337 g/mol. The Morgan fingerprint density at radius 3 is 2.46 bits per heavy atom. The summed E-state index contributed by atoms with van der Waals surface area (Å²) < 4.78 is 38.8. The molecule has 2 bridgehead atoms. The van der Waals surface area contributed by atoms with Gasteiger partial charge in [-0.2, -0.15) is 13.2 Å². The van der Waals surface area contributed by atoms with Crippen molar-refractivity contribution in [1.82, 2.24) is 0 Å². The lowest BCUT2D eigenvalue weighted by atomic mass is 9.56. The van der Waals surface area contributed by atoms with Crippen molar-refractivity contribution in [3.8, 4) is 0 Å². The normalized spacial score (nSPS) is 35.5. The van der Waals surface area contributed by atoms with Crippen LogP contribution >= 0.6 is 0 Å². The fraction of sp³-hybridized carbons (Fsp3) is 0.556. The Kier molecular flexibility index (Phi) is 3.31. The van der Waals surface area contributed by atoms with Crippen LogP contribution in [0.4, 0.5) is 18.9 Å². The molecule has 0 aromatic heterocycles. The second-order valence-corrected chi connectivity index (χ2v) is 7.33. The summed E-state index contributed by atoms with van der Waals surface area (Å²) in [5.41, 5.74) is -0.798. The number of amides is 2. The average Bonchev–Trinajstić information content (AvgIpc) is 2.80. The number of hydrogen-bond donors (Lipinski definition) is 0. The van der Waals surface area contributed by atoms with Crippen LogP contribution in [0.2, 0.25) is 0 Å². The summed E-state index contributed by atoms with van der Waals surface area (Å²) in [5, 5.41) is 0. The van der Waals surface area contributed by atoms with Crippen molar-refractivity contribution in [1.29, 1.82) is 0 Å². The van der Waals surface area contributed by atoms with E-state index in [2.05, 4.69) is 6.92 Å². The van der Waals surface area contributed by atoms with Crippen molar-refractivity contribution in [3.05, 3.63) is 29.8 Å². The summed E-state index contributed by atoms with van der Waals surface area (Å²) >= 11 is 0. The maximum absolute atomic E-state index is 12.9. The van der Waals surface area contributed by atoms with E-state index in [0.717, 1.165) is 36.3 Å². The lowest BCUT2D eigenvalue weighted by Gasteiger charge is -2.46. The van der Waals surface area contributed by atoms with Crippen LogP contribution in [-0.4, -0.2) is 11.8 Å². The number of benzene rings is 1. The van der Waals surface area contributed by atoms with Gasteiger partial charge in [0.15, 0.2) is 0 Å². The Morgan fingerprint density at radius 2 is 1.79 bits per heavy atom. The number of halogens is 3. The molecule has 4 aliphatic rings. The number of rotatable bonds is 1. The van der Waals surface area contributed by atoms with Gasteiger partial charge in [-0.3, -0.25) is 14.5 Å². The zero-order chi connectivity index (χ0) is 17.2. The lowest BCUT2D eigenvalue weighted by molar-refractivity contribution is -0.137. The number of alkyl halides is 3. The molecule has 5 unspecified atom stereocenters. The largest absolute Gasteiger partial charge is 0.416 e. The number of nitrogens with zero attached hydrogens (tertiary/aromatic N) is 1. The Morgan fingerprint density at radius 1 is 1.08 bits per heavy atom. The molecule has 2 amide bonds. The molecule has 24 heavy (non-hydrogen) atoms. The van der Waals surface area contributed by atoms with Crippen molar-refractivity contribution in [2.75, 3.05) is 4.90 Å². The molecule has 3 saturated carbocycles. The summed E-state index contributed by atoms with van der Waals surface area (Å²) in [4.78, 5) is 26.7. The van der Waals surface area contributed by atoms with Gasteiger partial charge >= 0.3 is 6.18 Å². The van der Waals surface area contributed by atoms with Crippen molar-refractivity contribution in [2.24, 2.45) is 29.6 Å². The molecule has 3 nitrogen and oxygen atoms in total. The van der Waals surface area contributed by atoms with E-state index in [0.29, 0.717) is 5.92 Å². The number of carbonyl (C=O) groups is 2. The van der Waals surface area contributed by atoms with Gasteiger partial charge in [0.05, 0.1) is 23.1 Å². The van der Waals surface area contributed by atoms with Crippen LogP contribution in [0.15, 0.2) is 24.3 Å². The molecule has 1 aromatic carbocycles. The highest BCUT2D eigenvalue weighted by atomic mass is 19.4. The Labute approximate surface area is 137 Å². The monoisotopic (exact) mass is 337 g/mol. The van der Waals surface area contributed by atoms with Crippen LogP contribution in [0, 0.1) is 29.6 Å². The molecular weight excluding hydrogens is 319 g/mol. The number of hydrogen-bond acceptors (Lipinski definition) is 2. The first-order valence-corrected chi connectivity index (χ1v) is 8.34. The van der Waals surface area contributed by atoms with E-state index in [4.69, 9.17) is 0 Å². The molecular formula is C18H18F3NO2. The molecule has 128 valence electrons. The van der Waals surface area contributed by atoms with Gasteiger partial charge in [0, 0.05) is 0 Å². The summed E-state index contributed by atoms with van der Waals surface area (Å²) in [6, 6.07) is 4.51. The van der Waals surface area contributed by atoms with Crippen LogP contribution in [0.25, 0.3) is 0 Å². The van der Waals surface area contributed by atoms with Gasteiger partial charge in [-0.25, -0.2) is 0 Å². The molecule has 1 aromatic rings. The highest BCUT2D eigenvalue weighted by Crippen LogP contribution is 2.55. The lowest BCUT2D eigenvalue weighted by Crippen LogP contribution is -2.45. The van der Waals surface area contributed by atoms with Gasteiger partial charge in [-0.05, 0) is 55.2 Å². The molecule has 5 atom stereocenters. The predicted octanol–water partition coefficient (Wildman–Crippen LogP) is 3.88. The van der Waals surface area contributed by atoms with Gasteiger partial charge < -0.3 is 0 Å². The molecule has 3 aliphatic carbocycles. The molecule has 4 fully saturated rings. The molecule has 0 spiro atoms. The fourth-order valence-electron chi connectivity index (χ4n) is 5.05. The zero-order valence-electron chi connectivity index (χ0n) is 13.2. The summed E-state index contributed by atoms with van der Waals surface area (Å²) in [5.74, 6) is -0.578. The SMILES string of the molecule is CC1CC2CCC1C1C(=O)N(c3cccc(C(F)(F)F)c3)C(=O)C21. The number of anilines is 1. The van der Waals surface area contributed by atoms with Gasteiger partial charge in [0.1, 0.15) is 0 Å². The Balaban J connectivity index is 1.73. The van der Waals surface area contributed by atoms with Gasteiger partial charge in [0.25, 0.3) is 0 Å². The quantitative estimate of drug-likeness (QED) is 0.730. The van der Waals surface area contributed by atoms with Crippen molar-refractivity contribution < 1.29 is 22.8 Å². The van der Waals surface area contributed by atoms with Gasteiger partial charge in [-0.15, -0.1) is 0 Å². The Hall–Kier alpha value is -1.85. The molecule has 5 rings (SSSR count). The van der Waals surface area contributed by atoms with Crippen LogP contribution < -0.4 is 4.90 Å². The third-order valence-electron chi connectivity index (χ3n) is 6.08. The minimum absolute atomic E-state index is 0.0429. The first-order chi connectivity index (χ1) is 11.3. The van der Waals surface area contributed by atoms with Crippen molar-refractivity contribution in [3.63, 3.8) is 0 Å². The smallest absolute Gasteiger partial charge is 0.274 e. The summed E-state index contributed by atoms with van der Waals surface area (Å²) in [6.45, 7) is 2.11. The van der Waals surface area contributed by atoms with E-state index >= 15 is 0 Å². The van der Waals surface area contributed by atoms with Gasteiger partial charge in [-0.1, -0.05) is 13.0 Å². The first-order valence-electron chi connectivity index (χ1n) is 8.34. The summed E-state index contributed by atoms with van der Waals surface area (Å²) in [6.07, 6.45) is -1.70. The molecule has 0 N–H and O–H groups in total. The zero-order valence-corrected chi connectivity index (χ0v) is 13.2. The Bertz CT molecular complexity index is 714. The van der Waals surface area contributed by atoms with Crippen molar-refractivity contribution in [2.45, 2.75) is 32.4 Å². The first kappa shape index (κ1) is 15.7. The highest BCUT2D eigenvalue weighted by molar-refractivity contribution is 6.22. The second-order valence-electron chi connectivity index (χ2n) is 7.33. The van der Waals surface area contributed by atoms with Crippen molar-refractivity contribution >= 4 is 17.5 Å². The van der Waals surface area contributed by atoms with Crippen LogP contribution in [-0.2, 0) is 15.8 Å². The van der Waals surface area contributed by atoms with E-state index in [1.54, 1.807) is 0 Å². The molecule has 1 heterocycles. The van der Waals surface area contributed by atoms with E-state index in [1.165, 1.54) is 12.1 Å². The maximum atomic E-state index is 12.9. The highest BCUT2D eigenvalue weighted by Gasteiger charge is 2.60.